The number of hydrogen-bond acceptors (Lipinski definition) is 3. The highest BCUT2D eigenvalue weighted by atomic mass is 16.5. The molecule has 1 N–H and O–H groups in total. The largest absolute Gasteiger partial charge is 0.494 e. The number of ether oxygens (including phenoxy) is 1. The molecule has 2 heterocycles. The minimum absolute atomic E-state index is 0.194. The summed E-state index contributed by atoms with van der Waals surface area (Å²) >= 11 is 0. The minimum Gasteiger partial charge on any atom is -0.494 e. The van der Waals surface area contributed by atoms with Crippen molar-refractivity contribution in [3.8, 4) is 17.0 Å². The summed E-state index contributed by atoms with van der Waals surface area (Å²) in [4.78, 5) is 15.9. The molecule has 0 atom stereocenters. The van der Waals surface area contributed by atoms with Crippen LogP contribution in [0.5, 0.6) is 5.75 Å². The number of rotatable bonds is 4. The number of carboxylic acid groups (broad SMARTS) is 1. The molecule has 0 saturated heterocycles. The normalized spacial score (nSPS) is 10.9. The molecule has 0 unspecified atom stereocenters. The number of pyridine rings is 1. The Labute approximate surface area is 134 Å². The van der Waals surface area contributed by atoms with Crippen molar-refractivity contribution in [1.29, 1.82) is 0 Å². The van der Waals surface area contributed by atoms with Gasteiger partial charge in [-0.1, -0.05) is 0 Å². The van der Waals surface area contributed by atoms with Gasteiger partial charge in [-0.05, 0) is 56.2 Å². The molecule has 0 aliphatic carbocycles. The topological polar surface area (TPSA) is 63.8 Å². The summed E-state index contributed by atoms with van der Waals surface area (Å²) in [5, 5.41) is 9.29. The SMILES string of the molecule is CCOc1cc(C)c(-c2cn3cccc(C(=O)O)c3n2)cc1C. The van der Waals surface area contributed by atoms with E-state index in [2.05, 4.69) is 4.98 Å². The molecule has 0 amide bonds. The zero-order chi connectivity index (χ0) is 16.6. The van der Waals surface area contributed by atoms with Gasteiger partial charge in [0.25, 0.3) is 0 Å². The lowest BCUT2D eigenvalue weighted by Crippen LogP contribution is -1.99. The van der Waals surface area contributed by atoms with E-state index in [0.717, 1.165) is 28.1 Å². The number of fused-ring (bicyclic) bond motifs is 1. The molecule has 0 spiro atoms. The Bertz CT molecular complexity index is 897. The number of aromatic nitrogens is 2. The van der Waals surface area contributed by atoms with Crippen LogP contribution in [0.3, 0.4) is 0 Å². The Morgan fingerprint density at radius 1 is 1.30 bits per heavy atom. The first kappa shape index (κ1) is 15.1. The van der Waals surface area contributed by atoms with Crippen LogP contribution in [0.4, 0.5) is 0 Å². The molecule has 0 radical (unpaired) electrons. The minimum atomic E-state index is -0.979. The average Bonchev–Trinajstić information content (AvgIpc) is 2.94. The number of nitrogens with zero attached hydrogens (tertiary/aromatic N) is 2. The highest BCUT2D eigenvalue weighted by Gasteiger charge is 2.15. The zero-order valence-electron chi connectivity index (χ0n) is 13.3. The fourth-order valence-electron chi connectivity index (χ4n) is 2.69. The Balaban J connectivity index is 2.16. The van der Waals surface area contributed by atoms with Crippen molar-refractivity contribution in [3.63, 3.8) is 0 Å². The highest BCUT2D eigenvalue weighted by molar-refractivity contribution is 5.94. The number of carbonyl (C=O) groups is 1. The number of carboxylic acids is 1. The molecular weight excluding hydrogens is 292 g/mol. The summed E-state index contributed by atoms with van der Waals surface area (Å²) in [5.41, 5.74) is 4.44. The maximum absolute atomic E-state index is 11.3. The fraction of sp³-hybridized carbons (Fsp3) is 0.222. The van der Waals surface area contributed by atoms with Crippen molar-refractivity contribution in [1.82, 2.24) is 9.38 Å². The first-order valence-corrected chi connectivity index (χ1v) is 7.46. The van der Waals surface area contributed by atoms with Crippen LogP contribution in [0.15, 0.2) is 36.7 Å². The van der Waals surface area contributed by atoms with Gasteiger partial charge in [-0.2, -0.15) is 0 Å². The number of aromatic carboxylic acids is 1. The van der Waals surface area contributed by atoms with E-state index in [0.29, 0.717) is 12.3 Å². The third-order valence-electron chi connectivity index (χ3n) is 3.81. The summed E-state index contributed by atoms with van der Waals surface area (Å²) in [6.07, 6.45) is 3.65. The van der Waals surface area contributed by atoms with Crippen LogP contribution in [0.2, 0.25) is 0 Å². The highest BCUT2D eigenvalue weighted by Crippen LogP contribution is 2.30. The van der Waals surface area contributed by atoms with Crippen LogP contribution >= 0.6 is 0 Å². The van der Waals surface area contributed by atoms with E-state index >= 15 is 0 Å². The molecule has 3 aromatic rings. The molecular formula is C18H18N2O3. The van der Waals surface area contributed by atoms with Gasteiger partial charge in [0.05, 0.1) is 12.3 Å². The van der Waals surface area contributed by atoms with Crippen molar-refractivity contribution in [2.24, 2.45) is 0 Å². The van der Waals surface area contributed by atoms with E-state index in [1.54, 1.807) is 22.7 Å². The lowest BCUT2D eigenvalue weighted by atomic mass is 10.0. The molecule has 0 aliphatic heterocycles. The van der Waals surface area contributed by atoms with Gasteiger partial charge in [0, 0.05) is 18.0 Å². The van der Waals surface area contributed by atoms with Gasteiger partial charge in [0.15, 0.2) is 5.65 Å². The first-order valence-electron chi connectivity index (χ1n) is 7.46. The van der Waals surface area contributed by atoms with Gasteiger partial charge < -0.3 is 14.2 Å². The number of imidazole rings is 1. The fourth-order valence-corrected chi connectivity index (χ4v) is 2.69. The summed E-state index contributed by atoms with van der Waals surface area (Å²) in [7, 11) is 0. The monoisotopic (exact) mass is 310 g/mol. The van der Waals surface area contributed by atoms with Crippen LogP contribution < -0.4 is 4.74 Å². The Hall–Kier alpha value is -2.82. The number of benzene rings is 1. The average molecular weight is 310 g/mol. The van der Waals surface area contributed by atoms with Gasteiger partial charge in [-0.15, -0.1) is 0 Å². The van der Waals surface area contributed by atoms with Gasteiger partial charge in [-0.3, -0.25) is 0 Å². The summed E-state index contributed by atoms with van der Waals surface area (Å²) in [6, 6.07) is 7.29. The zero-order valence-corrected chi connectivity index (χ0v) is 13.3. The second-order valence-corrected chi connectivity index (χ2v) is 5.45. The maximum Gasteiger partial charge on any atom is 0.339 e. The molecule has 2 aromatic heterocycles. The Morgan fingerprint density at radius 3 is 2.78 bits per heavy atom. The summed E-state index contributed by atoms with van der Waals surface area (Å²) < 4.78 is 7.35. The molecule has 3 rings (SSSR count). The number of hydrogen-bond donors (Lipinski definition) is 1. The molecule has 23 heavy (non-hydrogen) atoms. The third-order valence-corrected chi connectivity index (χ3v) is 3.81. The lowest BCUT2D eigenvalue weighted by molar-refractivity contribution is 0.0698. The van der Waals surface area contributed by atoms with Crippen molar-refractivity contribution < 1.29 is 14.6 Å². The van der Waals surface area contributed by atoms with Gasteiger partial charge in [-0.25, -0.2) is 9.78 Å². The summed E-state index contributed by atoms with van der Waals surface area (Å²) in [6.45, 7) is 6.57. The Kier molecular flexibility index (Phi) is 3.78. The predicted molar refractivity (Wildman–Crippen MR) is 88.2 cm³/mol. The molecule has 0 saturated carbocycles. The predicted octanol–water partition coefficient (Wildman–Crippen LogP) is 3.72. The summed E-state index contributed by atoms with van der Waals surface area (Å²) in [5.74, 6) is -0.115. The smallest absolute Gasteiger partial charge is 0.339 e. The van der Waals surface area contributed by atoms with Crippen LogP contribution in [-0.4, -0.2) is 27.1 Å². The molecule has 118 valence electrons. The molecule has 0 fully saturated rings. The maximum atomic E-state index is 11.3. The van der Waals surface area contributed by atoms with Crippen molar-refractivity contribution in [3.05, 3.63) is 53.3 Å². The molecule has 1 aromatic carbocycles. The van der Waals surface area contributed by atoms with Crippen molar-refractivity contribution >= 4 is 11.6 Å². The van der Waals surface area contributed by atoms with Crippen molar-refractivity contribution in [2.45, 2.75) is 20.8 Å². The second kappa shape index (κ2) is 5.76. The van der Waals surface area contributed by atoms with Gasteiger partial charge >= 0.3 is 5.97 Å². The lowest BCUT2D eigenvalue weighted by Gasteiger charge is -2.11. The third kappa shape index (κ3) is 2.65. The van der Waals surface area contributed by atoms with Crippen molar-refractivity contribution in [2.75, 3.05) is 6.61 Å². The van der Waals surface area contributed by atoms with Crippen LogP contribution in [-0.2, 0) is 0 Å². The quantitative estimate of drug-likeness (QED) is 0.798. The van der Waals surface area contributed by atoms with Gasteiger partial charge in [0.1, 0.15) is 11.3 Å². The standard InChI is InChI=1S/C18H18N2O3/c1-4-23-16-9-11(2)14(8-12(16)3)15-10-20-7-5-6-13(18(21)22)17(20)19-15/h5-10H,4H2,1-3H3,(H,21,22). The van der Waals surface area contributed by atoms with E-state index in [1.807, 2.05) is 39.1 Å². The molecule has 5 heteroatoms. The van der Waals surface area contributed by atoms with Crippen LogP contribution in [0.1, 0.15) is 28.4 Å². The molecule has 5 nitrogen and oxygen atoms in total. The van der Waals surface area contributed by atoms with E-state index in [9.17, 15) is 9.90 Å². The van der Waals surface area contributed by atoms with Gasteiger partial charge in [0.2, 0.25) is 0 Å². The Morgan fingerprint density at radius 2 is 2.09 bits per heavy atom. The van der Waals surface area contributed by atoms with E-state index < -0.39 is 5.97 Å². The van der Waals surface area contributed by atoms with Crippen LogP contribution in [0.25, 0.3) is 16.9 Å². The van der Waals surface area contributed by atoms with Crippen LogP contribution in [0, 0.1) is 13.8 Å². The first-order chi connectivity index (χ1) is 11.0. The van der Waals surface area contributed by atoms with E-state index in [1.165, 1.54) is 0 Å². The van der Waals surface area contributed by atoms with E-state index in [-0.39, 0.29) is 5.56 Å². The molecule has 0 bridgehead atoms. The molecule has 0 aliphatic rings. The van der Waals surface area contributed by atoms with E-state index in [4.69, 9.17) is 4.74 Å². The number of aryl methyl sites for hydroxylation is 2. The second-order valence-electron chi connectivity index (χ2n) is 5.45.